The maximum Gasteiger partial charge on any atom is 0.220 e. The quantitative estimate of drug-likeness (QED) is 0.603. The number of nitrogens with zero attached hydrogens (tertiary/aromatic N) is 1. The topological polar surface area (TPSA) is 37.4 Å². The van der Waals surface area contributed by atoms with Gasteiger partial charge in [-0.2, -0.15) is 0 Å². The highest BCUT2D eigenvalue weighted by molar-refractivity contribution is 5.99. The van der Waals surface area contributed by atoms with Gasteiger partial charge in [0.2, 0.25) is 5.91 Å². The van der Waals surface area contributed by atoms with Crippen molar-refractivity contribution in [3.8, 4) is 11.1 Å². The molecule has 0 aliphatic carbocycles. The lowest BCUT2D eigenvalue weighted by molar-refractivity contribution is -0.127. The number of hydrogen-bond acceptors (Lipinski definition) is 2. The summed E-state index contributed by atoms with van der Waals surface area (Å²) in [6, 6.07) is 17.4. The van der Waals surface area contributed by atoms with E-state index in [1.54, 1.807) is 18.2 Å². The molecule has 0 heterocycles. The minimum atomic E-state index is -0.130. The van der Waals surface area contributed by atoms with Gasteiger partial charge in [0.1, 0.15) is 0 Å². The fraction of sp³-hybridized carbons (Fsp3) is 0.158. The first-order chi connectivity index (χ1) is 10.6. The summed E-state index contributed by atoms with van der Waals surface area (Å²) < 4.78 is 0. The van der Waals surface area contributed by atoms with Crippen molar-refractivity contribution >= 4 is 11.7 Å². The smallest absolute Gasteiger partial charge is 0.220 e. The van der Waals surface area contributed by atoms with Crippen LogP contribution >= 0.6 is 0 Å². The van der Waals surface area contributed by atoms with E-state index in [0.717, 1.165) is 11.1 Å². The zero-order valence-corrected chi connectivity index (χ0v) is 12.7. The molecule has 0 bridgehead atoms. The molecule has 0 aliphatic rings. The zero-order valence-electron chi connectivity index (χ0n) is 12.7. The molecule has 0 unspecified atom stereocenters. The predicted octanol–water partition coefficient (Wildman–Crippen LogP) is 3.57. The van der Waals surface area contributed by atoms with Crippen LogP contribution in [0.15, 0.2) is 67.3 Å². The van der Waals surface area contributed by atoms with Crippen molar-refractivity contribution in [2.24, 2.45) is 0 Å². The normalized spacial score (nSPS) is 10.0. The van der Waals surface area contributed by atoms with Gasteiger partial charge in [-0.05, 0) is 11.1 Å². The highest BCUT2D eigenvalue weighted by Gasteiger charge is 2.13. The summed E-state index contributed by atoms with van der Waals surface area (Å²) in [5.74, 6) is -0.203. The molecule has 0 atom stereocenters. The van der Waals surface area contributed by atoms with Gasteiger partial charge in [-0.3, -0.25) is 9.59 Å². The lowest BCUT2D eigenvalue weighted by atomic mass is 10.0. The van der Waals surface area contributed by atoms with E-state index in [1.807, 2.05) is 42.5 Å². The lowest BCUT2D eigenvalue weighted by Gasteiger charge is -2.18. The number of amides is 1. The predicted molar refractivity (Wildman–Crippen MR) is 88.7 cm³/mol. The third kappa shape index (κ3) is 3.92. The van der Waals surface area contributed by atoms with Crippen molar-refractivity contribution in [3.63, 3.8) is 0 Å². The average Bonchev–Trinajstić information content (AvgIpc) is 2.55. The first kappa shape index (κ1) is 15.7. The van der Waals surface area contributed by atoms with Crippen LogP contribution in [0.25, 0.3) is 11.1 Å². The first-order valence-corrected chi connectivity index (χ1v) is 7.17. The average molecular weight is 293 g/mol. The molecule has 0 saturated carbocycles. The molecule has 0 spiro atoms. The maximum atomic E-state index is 12.3. The van der Waals surface area contributed by atoms with Crippen LogP contribution in [0.4, 0.5) is 0 Å². The summed E-state index contributed by atoms with van der Waals surface area (Å²) in [5, 5.41) is 0. The highest BCUT2D eigenvalue weighted by atomic mass is 16.2. The van der Waals surface area contributed by atoms with Crippen LogP contribution in [0.1, 0.15) is 17.3 Å². The van der Waals surface area contributed by atoms with E-state index in [4.69, 9.17) is 0 Å². The van der Waals surface area contributed by atoms with Crippen molar-refractivity contribution in [1.29, 1.82) is 0 Å². The number of carbonyl (C=O) groups excluding carboxylic acids is 2. The molecule has 22 heavy (non-hydrogen) atoms. The van der Waals surface area contributed by atoms with Gasteiger partial charge in [0, 0.05) is 19.0 Å². The number of Topliss-reactive ketones (excluding diaryl/α,β-unsaturated/α-hetero) is 1. The van der Waals surface area contributed by atoms with Gasteiger partial charge in [-0.15, -0.1) is 6.58 Å². The molecule has 0 aromatic heterocycles. The van der Waals surface area contributed by atoms with Crippen molar-refractivity contribution in [1.82, 2.24) is 4.90 Å². The standard InChI is InChI=1S/C19H19NO2/c1-3-13-20(15(2)21)14-19(22)18-11-9-17(10-12-18)16-7-5-4-6-8-16/h3-12H,1,13-14H2,2H3. The Balaban J connectivity index is 2.11. The van der Waals surface area contributed by atoms with Crippen molar-refractivity contribution in [2.45, 2.75) is 6.92 Å². The molecule has 2 aromatic rings. The summed E-state index contributed by atoms with van der Waals surface area (Å²) >= 11 is 0. The fourth-order valence-corrected chi connectivity index (χ4v) is 2.20. The number of hydrogen-bond donors (Lipinski definition) is 0. The molecule has 2 aromatic carbocycles. The minimum absolute atomic E-state index is 0.0725. The lowest BCUT2D eigenvalue weighted by Crippen LogP contribution is -2.34. The second kappa shape index (κ2) is 7.36. The molecule has 3 nitrogen and oxygen atoms in total. The third-order valence-corrected chi connectivity index (χ3v) is 3.44. The molecule has 0 N–H and O–H groups in total. The summed E-state index contributed by atoms with van der Waals surface area (Å²) in [6.45, 7) is 5.51. The van der Waals surface area contributed by atoms with Gasteiger partial charge in [0.05, 0.1) is 6.54 Å². The number of ketones is 1. The van der Waals surface area contributed by atoms with Gasteiger partial charge in [0.15, 0.2) is 5.78 Å². The highest BCUT2D eigenvalue weighted by Crippen LogP contribution is 2.19. The first-order valence-electron chi connectivity index (χ1n) is 7.17. The number of benzene rings is 2. The molecular weight excluding hydrogens is 274 g/mol. The van der Waals surface area contributed by atoms with Crippen LogP contribution in [0.3, 0.4) is 0 Å². The van der Waals surface area contributed by atoms with Gasteiger partial charge < -0.3 is 4.90 Å². The molecule has 0 radical (unpaired) electrons. The molecule has 3 heteroatoms. The van der Waals surface area contributed by atoms with E-state index >= 15 is 0 Å². The Bertz CT molecular complexity index is 660. The van der Waals surface area contributed by atoms with Gasteiger partial charge in [-0.1, -0.05) is 60.7 Å². The van der Waals surface area contributed by atoms with Crippen molar-refractivity contribution in [3.05, 3.63) is 72.8 Å². The Morgan fingerprint density at radius 2 is 1.59 bits per heavy atom. The Kier molecular flexibility index (Phi) is 5.26. The molecule has 2 rings (SSSR count). The number of rotatable bonds is 6. The van der Waals surface area contributed by atoms with Crippen molar-refractivity contribution < 1.29 is 9.59 Å². The number of carbonyl (C=O) groups is 2. The van der Waals surface area contributed by atoms with Gasteiger partial charge >= 0.3 is 0 Å². The maximum absolute atomic E-state index is 12.3. The van der Waals surface area contributed by atoms with E-state index < -0.39 is 0 Å². The van der Waals surface area contributed by atoms with Crippen LogP contribution in [0.5, 0.6) is 0 Å². The van der Waals surface area contributed by atoms with E-state index in [2.05, 4.69) is 6.58 Å². The zero-order chi connectivity index (χ0) is 15.9. The molecule has 0 saturated heterocycles. The summed E-state index contributed by atoms with van der Waals surface area (Å²) in [4.78, 5) is 25.2. The molecule has 112 valence electrons. The van der Waals surface area contributed by atoms with E-state index in [0.29, 0.717) is 12.1 Å². The van der Waals surface area contributed by atoms with E-state index in [9.17, 15) is 9.59 Å². The molecule has 0 fully saturated rings. The van der Waals surface area contributed by atoms with Crippen LogP contribution in [0.2, 0.25) is 0 Å². The molecule has 0 aliphatic heterocycles. The van der Waals surface area contributed by atoms with Gasteiger partial charge in [0.25, 0.3) is 0 Å². The Morgan fingerprint density at radius 1 is 1.00 bits per heavy atom. The van der Waals surface area contributed by atoms with Crippen LogP contribution in [-0.4, -0.2) is 29.7 Å². The summed E-state index contributed by atoms with van der Waals surface area (Å²) in [7, 11) is 0. The van der Waals surface area contributed by atoms with Crippen LogP contribution in [-0.2, 0) is 4.79 Å². The van der Waals surface area contributed by atoms with Crippen molar-refractivity contribution in [2.75, 3.05) is 13.1 Å². The van der Waals surface area contributed by atoms with Crippen LogP contribution in [0, 0.1) is 0 Å². The Morgan fingerprint density at radius 3 is 2.14 bits per heavy atom. The second-order valence-corrected chi connectivity index (χ2v) is 5.05. The third-order valence-electron chi connectivity index (χ3n) is 3.44. The largest absolute Gasteiger partial charge is 0.332 e. The molecule has 1 amide bonds. The van der Waals surface area contributed by atoms with Crippen LogP contribution < -0.4 is 0 Å². The van der Waals surface area contributed by atoms with E-state index in [-0.39, 0.29) is 18.2 Å². The Labute approximate surface area is 130 Å². The molecular formula is C19H19NO2. The van der Waals surface area contributed by atoms with Gasteiger partial charge in [-0.25, -0.2) is 0 Å². The van der Waals surface area contributed by atoms with E-state index in [1.165, 1.54) is 11.8 Å². The monoisotopic (exact) mass is 293 g/mol. The fourth-order valence-electron chi connectivity index (χ4n) is 2.20. The second-order valence-electron chi connectivity index (χ2n) is 5.05. The summed E-state index contributed by atoms with van der Waals surface area (Å²) in [6.07, 6.45) is 1.62. The Hall–Kier alpha value is -2.68. The summed E-state index contributed by atoms with van der Waals surface area (Å²) in [5.41, 5.74) is 2.78. The minimum Gasteiger partial charge on any atom is -0.332 e. The SMILES string of the molecule is C=CCN(CC(=O)c1ccc(-c2ccccc2)cc1)C(C)=O.